The first-order chi connectivity index (χ1) is 9.84. The number of allylic oxidation sites excluding steroid dienone is 1. The van der Waals surface area contributed by atoms with Crippen LogP contribution in [0.2, 0.25) is 0 Å². The first kappa shape index (κ1) is 16.8. The van der Waals surface area contributed by atoms with E-state index in [1.165, 1.54) is 7.11 Å². The van der Waals surface area contributed by atoms with Gasteiger partial charge in [-0.05, 0) is 40.0 Å². The Morgan fingerprint density at radius 1 is 1.24 bits per heavy atom. The zero-order valence-electron chi connectivity index (χ0n) is 13.0. The summed E-state index contributed by atoms with van der Waals surface area (Å²) in [5.41, 5.74) is -0.693. The van der Waals surface area contributed by atoms with E-state index >= 15 is 0 Å². The molecule has 1 atom stereocenters. The highest BCUT2D eigenvalue weighted by Crippen LogP contribution is 2.27. The minimum atomic E-state index is -0.594. The molecular formula is C15H21N3O3. The van der Waals surface area contributed by atoms with Crippen LogP contribution in [0.3, 0.4) is 0 Å². The van der Waals surface area contributed by atoms with Gasteiger partial charge < -0.3 is 9.47 Å². The maximum atomic E-state index is 12.3. The van der Waals surface area contributed by atoms with Gasteiger partial charge in [-0.25, -0.2) is 4.79 Å². The number of amides is 1. The zero-order chi connectivity index (χ0) is 16.0. The maximum Gasteiger partial charge on any atom is 0.410 e. The van der Waals surface area contributed by atoms with Crippen LogP contribution in [-0.4, -0.2) is 36.3 Å². The molecule has 1 heterocycles. The SMILES string of the molecule is COC(=C(C#N)C#N)C1CCCCN1C(=O)OC(C)(C)C. The lowest BCUT2D eigenvalue weighted by Crippen LogP contribution is -2.47. The lowest BCUT2D eigenvalue weighted by atomic mass is 9.98. The highest BCUT2D eigenvalue weighted by atomic mass is 16.6. The van der Waals surface area contributed by atoms with Gasteiger partial charge in [0.05, 0.1) is 13.2 Å². The van der Waals surface area contributed by atoms with Crippen molar-refractivity contribution in [1.82, 2.24) is 4.90 Å². The number of hydrogen-bond donors (Lipinski definition) is 0. The van der Waals surface area contributed by atoms with E-state index in [0.717, 1.165) is 12.8 Å². The van der Waals surface area contributed by atoms with Crippen molar-refractivity contribution in [2.24, 2.45) is 0 Å². The summed E-state index contributed by atoms with van der Waals surface area (Å²) in [6.07, 6.45) is 1.97. The molecule has 6 heteroatoms. The molecule has 1 fully saturated rings. The molecule has 0 aromatic heterocycles. The third-order valence-electron chi connectivity index (χ3n) is 3.12. The third kappa shape index (κ3) is 4.39. The predicted molar refractivity (Wildman–Crippen MR) is 75.8 cm³/mol. The fourth-order valence-corrected chi connectivity index (χ4v) is 2.28. The molecule has 0 aliphatic carbocycles. The van der Waals surface area contributed by atoms with E-state index in [1.807, 2.05) is 12.1 Å². The number of nitrogens with zero attached hydrogens (tertiary/aromatic N) is 3. The van der Waals surface area contributed by atoms with Gasteiger partial charge in [-0.3, -0.25) is 4.90 Å². The number of rotatable bonds is 2. The number of likely N-dealkylation sites (tertiary alicyclic amines) is 1. The van der Waals surface area contributed by atoms with Crippen molar-refractivity contribution >= 4 is 6.09 Å². The highest BCUT2D eigenvalue weighted by molar-refractivity contribution is 5.69. The van der Waals surface area contributed by atoms with E-state index < -0.39 is 17.7 Å². The van der Waals surface area contributed by atoms with Gasteiger partial charge in [-0.15, -0.1) is 0 Å². The number of carbonyl (C=O) groups is 1. The molecular weight excluding hydrogens is 270 g/mol. The van der Waals surface area contributed by atoms with Crippen LogP contribution >= 0.6 is 0 Å². The van der Waals surface area contributed by atoms with Crippen LogP contribution in [0.15, 0.2) is 11.3 Å². The average Bonchev–Trinajstić information content (AvgIpc) is 2.42. The Bertz CT molecular complexity index is 490. The van der Waals surface area contributed by atoms with Crippen molar-refractivity contribution in [2.45, 2.75) is 51.7 Å². The second-order valence-corrected chi connectivity index (χ2v) is 5.85. The highest BCUT2D eigenvalue weighted by Gasteiger charge is 2.34. The number of methoxy groups -OCH3 is 1. The van der Waals surface area contributed by atoms with E-state index in [0.29, 0.717) is 13.0 Å². The number of nitriles is 2. The summed E-state index contributed by atoms with van der Waals surface area (Å²) in [6.45, 7) is 5.92. The summed E-state index contributed by atoms with van der Waals surface area (Å²) in [5, 5.41) is 18.0. The Labute approximate surface area is 125 Å². The number of piperidine rings is 1. The van der Waals surface area contributed by atoms with Crippen LogP contribution in [0.5, 0.6) is 0 Å². The van der Waals surface area contributed by atoms with Crippen LogP contribution in [0.1, 0.15) is 40.0 Å². The predicted octanol–water partition coefficient (Wildman–Crippen LogP) is 2.72. The summed E-state index contributed by atoms with van der Waals surface area (Å²) in [7, 11) is 1.41. The molecule has 1 aliphatic rings. The quantitative estimate of drug-likeness (QED) is 0.576. The van der Waals surface area contributed by atoms with Crippen molar-refractivity contribution in [3.63, 3.8) is 0 Å². The van der Waals surface area contributed by atoms with Gasteiger partial charge in [0.1, 0.15) is 23.5 Å². The smallest absolute Gasteiger partial charge is 0.410 e. The lowest BCUT2D eigenvalue weighted by molar-refractivity contribution is 0.00787. The molecule has 6 nitrogen and oxygen atoms in total. The first-order valence-electron chi connectivity index (χ1n) is 6.92. The molecule has 114 valence electrons. The molecule has 1 unspecified atom stereocenters. The van der Waals surface area contributed by atoms with Crippen LogP contribution in [0.25, 0.3) is 0 Å². The number of carbonyl (C=O) groups excluding carboxylic acids is 1. The van der Waals surface area contributed by atoms with Gasteiger partial charge in [0.25, 0.3) is 0 Å². The van der Waals surface area contributed by atoms with Gasteiger partial charge >= 0.3 is 6.09 Å². The third-order valence-corrected chi connectivity index (χ3v) is 3.12. The molecule has 0 saturated carbocycles. The average molecular weight is 291 g/mol. The van der Waals surface area contributed by atoms with E-state index in [2.05, 4.69) is 0 Å². The maximum absolute atomic E-state index is 12.3. The molecule has 1 amide bonds. The molecule has 0 aromatic carbocycles. The Morgan fingerprint density at radius 3 is 2.33 bits per heavy atom. The normalized spacial score (nSPS) is 18.2. The summed E-state index contributed by atoms with van der Waals surface area (Å²) in [4.78, 5) is 13.8. The van der Waals surface area contributed by atoms with Gasteiger partial charge in [0, 0.05) is 6.54 Å². The fraction of sp³-hybridized carbons (Fsp3) is 0.667. The molecule has 0 N–H and O–H groups in total. The Kier molecular flexibility index (Phi) is 5.60. The van der Waals surface area contributed by atoms with Crippen LogP contribution in [-0.2, 0) is 9.47 Å². The van der Waals surface area contributed by atoms with Gasteiger partial charge in [-0.1, -0.05) is 0 Å². The van der Waals surface area contributed by atoms with Crippen molar-refractivity contribution in [1.29, 1.82) is 10.5 Å². The molecule has 1 rings (SSSR count). The molecule has 0 spiro atoms. The van der Waals surface area contributed by atoms with E-state index in [9.17, 15) is 4.79 Å². The van der Waals surface area contributed by atoms with Gasteiger partial charge in [-0.2, -0.15) is 10.5 Å². The van der Waals surface area contributed by atoms with Crippen molar-refractivity contribution in [3.8, 4) is 12.1 Å². The molecule has 21 heavy (non-hydrogen) atoms. The number of hydrogen-bond acceptors (Lipinski definition) is 5. The van der Waals surface area contributed by atoms with Crippen molar-refractivity contribution in [2.75, 3.05) is 13.7 Å². The molecule has 0 bridgehead atoms. The van der Waals surface area contributed by atoms with Crippen molar-refractivity contribution in [3.05, 3.63) is 11.3 Å². The summed E-state index contributed by atoms with van der Waals surface area (Å²) in [5.74, 6) is 0.241. The molecule has 1 aliphatic heterocycles. The molecule has 0 aromatic rings. The van der Waals surface area contributed by atoms with E-state index in [1.54, 1.807) is 25.7 Å². The first-order valence-corrected chi connectivity index (χ1v) is 6.92. The Balaban J connectivity index is 3.08. The summed E-state index contributed by atoms with van der Waals surface area (Å²) < 4.78 is 10.6. The monoisotopic (exact) mass is 291 g/mol. The number of ether oxygens (including phenoxy) is 2. The summed E-state index contributed by atoms with van der Waals surface area (Å²) >= 11 is 0. The Hall–Kier alpha value is -2.21. The second-order valence-electron chi connectivity index (χ2n) is 5.85. The lowest BCUT2D eigenvalue weighted by Gasteiger charge is -2.37. The van der Waals surface area contributed by atoms with Gasteiger partial charge in [0.15, 0.2) is 5.57 Å². The largest absolute Gasteiger partial charge is 0.497 e. The second kappa shape index (κ2) is 6.99. The minimum Gasteiger partial charge on any atom is -0.497 e. The minimum absolute atomic E-state index is 0.0991. The fourth-order valence-electron chi connectivity index (χ4n) is 2.28. The summed E-state index contributed by atoms with van der Waals surface area (Å²) in [6, 6.07) is 3.22. The van der Waals surface area contributed by atoms with E-state index in [4.69, 9.17) is 20.0 Å². The Morgan fingerprint density at radius 2 is 1.86 bits per heavy atom. The van der Waals surface area contributed by atoms with Crippen molar-refractivity contribution < 1.29 is 14.3 Å². The molecule has 1 saturated heterocycles. The van der Waals surface area contributed by atoms with E-state index in [-0.39, 0.29) is 11.3 Å². The standard InChI is InChI=1S/C15H21N3O3/c1-15(2,3)21-14(19)18-8-6-5-7-12(18)13(20-4)11(9-16)10-17/h12H,5-8H2,1-4H3. The van der Waals surface area contributed by atoms with Crippen LogP contribution < -0.4 is 0 Å². The molecule has 0 radical (unpaired) electrons. The topological polar surface area (TPSA) is 86.4 Å². The van der Waals surface area contributed by atoms with Crippen LogP contribution in [0.4, 0.5) is 4.79 Å². The van der Waals surface area contributed by atoms with Crippen LogP contribution in [0, 0.1) is 22.7 Å². The van der Waals surface area contributed by atoms with Gasteiger partial charge in [0.2, 0.25) is 0 Å². The zero-order valence-corrected chi connectivity index (χ0v) is 13.0.